The standard InChI is InChI=1S/C13H16N2O3S2/c1-9-6-12(4-5-13(9)18-3)20(16,17)14-7-11-8-19-10(2)15-11/h4-6,8,14H,7H2,1-3H3. The average molecular weight is 312 g/mol. The van der Waals surface area contributed by atoms with Gasteiger partial charge < -0.3 is 4.74 Å². The number of benzene rings is 1. The number of aryl methyl sites for hydroxylation is 2. The SMILES string of the molecule is COc1ccc(S(=O)(=O)NCc2csc(C)n2)cc1C. The number of thiazole rings is 1. The van der Waals surface area contributed by atoms with Crippen LogP contribution < -0.4 is 9.46 Å². The Kier molecular flexibility index (Phi) is 4.42. The topological polar surface area (TPSA) is 68.3 Å². The second kappa shape index (κ2) is 5.90. The molecule has 1 aromatic carbocycles. The monoisotopic (exact) mass is 312 g/mol. The van der Waals surface area contributed by atoms with Gasteiger partial charge >= 0.3 is 0 Å². The molecule has 0 atom stereocenters. The average Bonchev–Trinajstić information content (AvgIpc) is 2.82. The highest BCUT2D eigenvalue weighted by atomic mass is 32.2. The van der Waals surface area contributed by atoms with Gasteiger partial charge in [-0.15, -0.1) is 11.3 Å². The highest BCUT2D eigenvalue weighted by Crippen LogP contribution is 2.21. The molecule has 0 amide bonds. The van der Waals surface area contributed by atoms with E-state index in [2.05, 4.69) is 9.71 Å². The minimum absolute atomic E-state index is 0.192. The summed E-state index contributed by atoms with van der Waals surface area (Å²) in [6.45, 7) is 3.88. The molecule has 5 nitrogen and oxygen atoms in total. The van der Waals surface area contributed by atoms with Crippen LogP contribution in [0, 0.1) is 13.8 Å². The van der Waals surface area contributed by atoms with E-state index < -0.39 is 10.0 Å². The summed E-state index contributed by atoms with van der Waals surface area (Å²) in [6.07, 6.45) is 0. The van der Waals surface area contributed by atoms with E-state index in [9.17, 15) is 8.42 Å². The number of nitrogens with zero attached hydrogens (tertiary/aromatic N) is 1. The van der Waals surface area contributed by atoms with Gasteiger partial charge in [0.25, 0.3) is 0 Å². The van der Waals surface area contributed by atoms with Crippen molar-refractivity contribution in [2.45, 2.75) is 25.3 Å². The van der Waals surface area contributed by atoms with E-state index in [0.29, 0.717) is 5.75 Å². The van der Waals surface area contributed by atoms with Gasteiger partial charge in [0.05, 0.1) is 29.3 Å². The molecule has 0 aliphatic heterocycles. The lowest BCUT2D eigenvalue weighted by molar-refractivity contribution is 0.411. The zero-order valence-electron chi connectivity index (χ0n) is 11.5. The first-order chi connectivity index (χ1) is 9.42. The van der Waals surface area contributed by atoms with E-state index in [4.69, 9.17) is 4.74 Å². The van der Waals surface area contributed by atoms with E-state index >= 15 is 0 Å². The van der Waals surface area contributed by atoms with Gasteiger partial charge in [-0.05, 0) is 37.6 Å². The Morgan fingerprint density at radius 2 is 2.10 bits per heavy atom. The summed E-state index contributed by atoms with van der Waals surface area (Å²) in [7, 11) is -1.98. The van der Waals surface area contributed by atoms with Gasteiger partial charge in [-0.2, -0.15) is 0 Å². The van der Waals surface area contributed by atoms with Crippen molar-refractivity contribution in [3.8, 4) is 5.75 Å². The normalized spacial score (nSPS) is 11.6. The molecule has 0 bridgehead atoms. The van der Waals surface area contributed by atoms with E-state index in [1.807, 2.05) is 19.2 Å². The highest BCUT2D eigenvalue weighted by molar-refractivity contribution is 7.89. The van der Waals surface area contributed by atoms with Crippen molar-refractivity contribution in [1.29, 1.82) is 0 Å². The molecule has 0 spiro atoms. The molecule has 7 heteroatoms. The third kappa shape index (κ3) is 3.36. The summed E-state index contributed by atoms with van der Waals surface area (Å²) in [5.74, 6) is 0.666. The molecule has 1 aromatic heterocycles. The third-order valence-corrected chi connectivity index (χ3v) is 5.01. The summed E-state index contributed by atoms with van der Waals surface area (Å²) in [5, 5.41) is 2.76. The second-order valence-electron chi connectivity index (χ2n) is 4.31. The summed E-state index contributed by atoms with van der Waals surface area (Å²) >= 11 is 1.50. The van der Waals surface area contributed by atoms with Crippen LogP contribution in [0.4, 0.5) is 0 Å². The molecule has 0 saturated heterocycles. The quantitative estimate of drug-likeness (QED) is 0.919. The first kappa shape index (κ1) is 15.0. The number of ether oxygens (including phenoxy) is 1. The van der Waals surface area contributed by atoms with Gasteiger partial charge in [0.15, 0.2) is 0 Å². The molecule has 0 aliphatic rings. The molecule has 0 radical (unpaired) electrons. The number of hydrogen-bond acceptors (Lipinski definition) is 5. The van der Waals surface area contributed by atoms with Gasteiger partial charge in [-0.25, -0.2) is 18.1 Å². The lowest BCUT2D eigenvalue weighted by Gasteiger charge is -2.09. The predicted octanol–water partition coefficient (Wildman–Crippen LogP) is 2.25. The fourth-order valence-electron chi connectivity index (χ4n) is 1.76. The Balaban J connectivity index is 2.15. The lowest BCUT2D eigenvalue weighted by atomic mass is 10.2. The van der Waals surface area contributed by atoms with Crippen LogP contribution >= 0.6 is 11.3 Å². The van der Waals surface area contributed by atoms with Gasteiger partial charge in [-0.1, -0.05) is 0 Å². The smallest absolute Gasteiger partial charge is 0.240 e. The van der Waals surface area contributed by atoms with E-state index in [1.165, 1.54) is 17.4 Å². The summed E-state index contributed by atoms with van der Waals surface area (Å²) < 4.78 is 32.0. The summed E-state index contributed by atoms with van der Waals surface area (Å²) in [5.41, 5.74) is 1.50. The zero-order valence-corrected chi connectivity index (χ0v) is 13.1. The number of rotatable bonds is 5. The molecular weight excluding hydrogens is 296 g/mol. The largest absolute Gasteiger partial charge is 0.496 e. The van der Waals surface area contributed by atoms with Crippen LogP contribution in [0.2, 0.25) is 0 Å². The van der Waals surface area contributed by atoms with Crippen LogP contribution in [-0.2, 0) is 16.6 Å². The lowest BCUT2D eigenvalue weighted by Crippen LogP contribution is -2.23. The molecule has 2 rings (SSSR count). The maximum atomic E-state index is 12.2. The molecule has 0 aliphatic carbocycles. The van der Waals surface area contributed by atoms with E-state index in [0.717, 1.165) is 16.3 Å². The van der Waals surface area contributed by atoms with Crippen molar-refractivity contribution >= 4 is 21.4 Å². The van der Waals surface area contributed by atoms with E-state index in [-0.39, 0.29) is 11.4 Å². The Hall–Kier alpha value is -1.44. The molecule has 1 N–H and O–H groups in total. The van der Waals surface area contributed by atoms with Crippen LogP contribution in [0.5, 0.6) is 5.75 Å². The number of nitrogens with one attached hydrogen (secondary N) is 1. The van der Waals surface area contributed by atoms with Crippen LogP contribution in [0.25, 0.3) is 0 Å². The minimum Gasteiger partial charge on any atom is -0.496 e. The molecule has 2 aromatic rings. The molecule has 20 heavy (non-hydrogen) atoms. The number of aromatic nitrogens is 1. The second-order valence-corrected chi connectivity index (χ2v) is 7.14. The highest BCUT2D eigenvalue weighted by Gasteiger charge is 2.15. The van der Waals surface area contributed by atoms with Crippen molar-refractivity contribution in [3.63, 3.8) is 0 Å². The van der Waals surface area contributed by atoms with Crippen molar-refractivity contribution in [2.24, 2.45) is 0 Å². The maximum Gasteiger partial charge on any atom is 0.240 e. The Labute approximate surface area is 122 Å². The number of hydrogen-bond donors (Lipinski definition) is 1. The molecule has 0 unspecified atom stereocenters. The molecule has 0 fully saturated rings. The van der Waals surface area contributed by atoms with E-state index in [1.54, 1.807) is 19.2 Å². The molecule has 0 saturated carbocycles. The van der Waals surface area contributed by atoms with Crippen LogP contribution in [0.15, 0.2) is 28.5 Å². The van der Waals surface area contributed by atoms with Gasteiger partial charge in [0, 0.05) is 5.38 Å². The van der Waals surface area contributed by atoms with Crippen molar-refractivity contribution in [2.75, 3.05) is 7.11 Å². The Morgan fingerprint density at radius 3 is 2.65 bits per heavy atom. The van der Waals surface area contributed by atoms with Gasteiger partial charge in [-0.3, -0.25) is 0 Å². The predicted molar refractivity (Wildman–Crippen MR) is 78.6 cm³/mol. The summed E-state index contributed by atoms with van der Waals surface area (Å²) in [4.78, 5) is 4.45. The number of methoxy groups -OCH3 is 1. The first-order valence-electron chi connectivity index (χ1n) is 5.97. The van der Waals surface area contributed by atoms with Crippen molar-refractivity contribution < 1.29 is 13.2 Å². The van der Waals surface area contributed by atoms with Crippen molar-refractivity contribution in [1.82, 2.24) is 9.71 Å². The van der Waals surface area contributed by atoms with Gasteiger partial charge in [0.2, 0.25) is 10.0 Å². The zero-order chi connectivity index (χ0) is 14.8. The van der Waals surface area contributed by atoms with Crippen LogP contribution in [0.1, 0.15) is 16.3 Å². The molecule has 1 heterocycles. The molecular formula is C13H16N2O3S2. The first-order valence-corrected chi connectivity index (χ1v) is 8.34. The van der Waals surface area contributed by atoms with Crippen molar-refractivity contribution in [3.05, 3.63) is 39.8 Å². The maximum absolute atomic E-state index is 12.2. The third-order valence-electron chi connectivity index (χ3n) is 2.79. The van der Waals surface area contributed by atoms with Gasteiger partial charge in [0.1, 0.15) is 5.75 Å². The Morgan fingerprint density at radius 1 is 1.35 bits per heavy atom. The van der Waals surface area contributed by atoms with Crippen LogP contribution in [0.3, 0.4) is 0 Å². The number of sulfonamides is 1. The fraction of sp³-hybridized carbons (Fsp3) is 0.308. The minimum atomic E-state index is -3.54. The van der Waals surface area contributed by atoms with Crippen LogP contribution in [-0.4, -0.2) is 20.5 Å². The summed E-state index contributed by atoms with van der Waals surface area (Å²) in [6, 6.07) is 4.77. The molecule has 108 valence electrons. The fourth-order valence-corrected chi connectivity index (χ4v) is 3.46. The Bertz CT molecular complexity index is 708.